The van der Waals surface area contributed by atoms with Gasteiger partial charge < -0.3 is 4.74 Å². The van der Waals surface area contributed by atoms with Gasteiger partial charge >= 0.3 is 5.97 Å². The maximum Gasteiger partial charge on any atom is 0.306 e. The lowest BCUT2D eigenvalue weighted by Crippen LogP contribution is -2.03. The van der Waals surface area contributed by atoms with Gasteiger partial charge in [-0.15, -0.1) is 6.58 Å². The number of hydrogen-bond donors (Lipinski definition) is 0. The molecule has 0 N–H and O–H groups in total. The van der Waals surface area contributed by atoms with Crippen LogP contribution < -0.4 is 0 Å². The number of esters is 1. The summed E-state index contributed by atoms with van der Waals surface area (Å²) in [4.78, 5) is 10.4. The minimum Gasteiger partial charge on any atom is -0.462 e. The van der Waals surface area contributed by atoms with Crippen molar-refractivity contribution in [2.24, 2.45) is 5.92 Å². The van der Waals surface area contributed by atoms with Crippen molar-refractivity contribution in [1.29, 1.82) is 0 Å². The Morgan fingerprint density at radius 1 is 1.56 bits per heavy atom. The van der Waals surface area contributed by atoms with Crippen molar-refractivity contribution >= 4 is 5.97 Å². The molecule has 0 bridgehead atoms. The molecule has 16 heavy (non-hydrogen) atoms. The molecule has 0 amide bonds. The van der Waals surface area contributed by atoms with Gasteiger partial charge in [0.1, 0.15) is 6.10 Å². The summed E-state index contributed by atoms with van der Waals surface area (Å²) in [6.07, 6.45) is 8.51. The summed E-state index contributed by atoms with van der Waals surface area (Å²) in [6.45, 7) is 10.2. The number of allylic oxidation sites excluding steroid dienone is 1. The van der Waals surface area contributed by atoms with Crippen LogP contribution in [0.3, 0.4) is 0 Å². The zero-order valence-electron chi connectivity index (χ0n) is 11.0. The molecule has 0 aromatic rings. The summed E-state index contributed by atoms with van der Waals surface area (Å²) in [5.74, 6) is 0.852. The molecule has 2 atom stereocenters. The zero-order valence-corrected chi connectivity index (χ0v) is 11.0. The smallest absolute Gasteiger partial charge is 0.306 e. The molecule has 0 saturated carbocycles. The van der Waals surface area contributed by atoms with E-state index >= 15 is 0 Å². The summed E-state index contributed by atoms with van der Waals surface area (Å²) < 4.78 is 4.87. The van der Waals surface area contributed by atoms with E-state index in [1.807, 2.05) is 13.0 Å². The van der Waals surface area contributed by atoms with Crippen molar-refractivity contribution in [3.05, 3.63) is 12.7 Å². The largest absolute Gasteiger partial charge is 0.462 e. The molecule has 0 spiro atoms. The number of ether oxygens (including phenoxy) is 1. The Labute approximate surface area is 100 Å². The average molecular weight is 226 g/mol. The van der Waals surface area contributed by atoms with Gasteiger partial charge in [-0.1, -0.05) is 33.3 Å². The van der Waals surface area contributed by atoms with Crippen molar-refractivity contribution in [2.45, 2.75) is 65.4 Å². The predicted molar refractivity (Wildman–Crippen MR) is 68.3 cm³/mol. The summed E-state index contributed by atoms with van der Waals surface area (Å²) in [6, 6.07) is 0. The number of carbonyl (C=O) groups excluding carboxylic acids is 1. The van der Waals surface area contributed by atoms with E-state index in [2.05, 4.69) is 20.4 Å². The van der Waals surface area contributed by atoms with Crippen LogP contribution in [0.4, 0.5) is 0 Å². The minimum atomic E-state index is -0.0307. The van der Waals surface area contributed by atoms with Crippen molar-refractivity contribution < 1.29 is 9.53 Å². The molecule has 1 heterocycles. The highest BCUT2D eigenvalue weighted by atomic mass is 16.5. The highest BCUT2D eigenvalue weighted by Crippen LogP contribution is 2.15. The van der Waals surface area contributed by atoms with Crippen LogP contribution in [-0.2, 0) is 9.53 Å². The van der Waals surface area contributed by atoms with Crippen LogP contribution >= 0.6 is 0 Å². The van der Waals surface area contributed by atoms with Crippen molar-refractivity contribution in [3.63, 3.8) is 0 Å². The standard InChI is InChI=1S/C8H16.C6H10O2/c1-4-6-7-8(3)5-2;1-2-5-3-4-6(7)8-5/h4,8H,1,5-7H2,2-3H3;5H,2-4H2,1H3. The third kappa shape index (κ3) is 7.49. The van der Waals surface area contributed by atoms with Gasteiger partial charge in [0.25, 0.3) is 0 Å². The fourth-order valence-electron chi connectivity index (χ4n) is 1.48. The molecular formula is C14H26O2. The Morgan fingerprint density at radius 2 is 2.25 bits per heavy atom. The Kier molecular flexibility index (Phi) is 8.97. The molecule has 0 aromatic carbocycles. The average Bonchev–Trinajstić information content (AvgIpc) is 2.72. The fourth-order valence-corrected chi connectivity index (χ4v) is 1.48. The molecule has 0 aliphatic carbocycles. The first-order valence-corrected chi connectivity index (χ1v) is 6.44. The predicted octanol–water partition coefficient (Wildman–Crippen LogP) is 4.10. The highest BCUT2D eigenvalue weighted by molar-refractivity contribution is 5.71. The summed E-state index contributed by atoms with van der Waals surface area (Å²) >= 11 is 0. The van der Waals surface area contributed by atoms with E-state index in [1.165, 1.54) is 19.3 Å². The SMILES string of the molecule is C=CCCC(C)CC.CCC1CCC(=O)O1. The van der Waals surface area contributed by atoms with Crippen LogP contribution in [-0.4, -0.2) is 12.1 Å². The Bertz CT molecular complexity index is 199. The van der Waals surface area contributed by atoms with Crippen molar-refractivity contribution in [1.82, 2.24) is 0 Å². The van der Waals surface area contributed by atoms with Gasteiger partial charge in [0.15, 0.2) is 0 Å². The molecule has 1 saturated heterocycles. The maximum atomic E-state index is 10.4. The van der Waals surface area contributed by atoms with E-state index in [1.54, 1.807) is 0 Å². The lowest BCUT2D eigenvalue weighted by molar-refractivity contribution is -0.141. The van der Waals surface area contributed by atoms with Gasteiger partial charge in [0.05, 0.1) is 0 Å². The first-order chi connectivity index (χ1) is 7.63. The Hall–Kier alpha value is -0.790. The van der Waals surface area contributed by atoms with E-state index in [0.717, 1.165) is 18.8 Å². The zero-order chi connectivity index (χ0) is 12.4. The van der Waals surface area contributed by atoms with E-state index in [-0.39, 0.29) is 12.1 Å². The molecule has 2 heteroatoms. The Balaban J connectivity index is 0.000000281. The third-order valence-corrected chi connectivity index (χ3v) is 2.98. The van der Waals surface area contributed by atoms with Gasteiger partial charge in [-0.25, -0.2) is 0 Å². The number of hydrogen-bond acceptors (Lipinski definition) is 2. The van der Waals surface area contributed by atoms with Crippen LogP contribution in [0.25, 0.3) is 0 Å². The normalized spacial score (nSPS) is 20.7. The van der Waals surface area contributed by atoms with Gasteiger partial charge in [0.2, 0.25) is 0 Å². The van der Waals surface area contributed by atoms with Gasteiger partial charge in [-0.3, -0.25) is 4.79 Å². The summed E-state index contributed by atoms with van der Waals surface area (Å²) in [5.41, 5.74) is 0. The molecule has 2 unspecified atom stereocenters. The molecule has 1 aliphatic rings. The van der Waals surface area contributed by atoms with Gasteiger partial charge in [-0.05, 0) is 31.6 Å². The molecule has 94 valence electrons. The summed E-state index contributed by atoms with van der Waals surface area (Å²) in [5, 5.41) is 0. The molecule has 1 aliphatic heterocycles. The van der Waals surface area contributed by atoms with E-state index in [9.17, 15) is 4.79 Å². The quantitative estimate of drug-likeness (QED) is 0.521. The van der Waals surface area contributed by atoms with Crippen LogP contribution in [0.1, 0.15) is 59.3 Å². The molecule has 0 radical (unpaired) electrons. The monoisotopic (exact) mass is 226 g/mol. The van der Waals surface area contributed by atoms with Crippen LogP contribution in [0.2, 0.25) is 0 Å². The van der Waals surface area contributed by atoms with Crippen LogP contribution in [0.15, 0.2) is 12.7 Å². The first kappa shape index (κ1) is 15.2. The minimum absolute atomic E-state index is 0.0307. The van der Waals surface area contributed by atoms with Gasteiger partial charge in [-0.2, -0.15) is 0 Å². The second-order valence-electron chi connectivity index (χ2n) is 4.44. The first-order valence-electron chi connectivity index (χ1n) is 6.44. The van der Waals surface area contributed by atoms with Crippen LogP contribution in [0, 0.1) is 5.92 Å². The third-order valence-electron chi connectivity index (χ3n) is 2.98. The number of carbonyl (C=O) groups is 1. The maximum absolute atomic E-state index is 10.4. The summed E-state index contributed by atoms with van der Waals surface area (Å²) in [7, 11) is 0. The van der Waals surface area contributed by atoms with E-state index in [0.29, 0.717) is 6.42 Å². The van der Waals surface area contributed by atoms with Crippen LogP contribution in [0.5, 0.6) is 0 Å². The lowest BCUT2D eigenvalue weighted by atomic mass is 10.0. The molecule has 2 nitrogen and oxygen atoms in total. The number of cyclic esters (lactones) is 1. The van der Waals surface area contributed by atoms with E-state index < -0.39 is 0 Å². The highest BCUT2D eigenvalue weighted by Gasteiger charge is 2.20. The molecule has 1 rings (SSSR count). The molecule has 1 fully saturated rings. The molecular weight excluding hydrogens is 200 g/mol. The second kappa shape index (κ2) is 9.44. The van der Waals surface area contributed by atoms with E-state index in [4.69, 9.17) is 4.74 Å². The Morgan fingerprint density at radius 3 is 2.56 bits per heavy atom. The van der Waals surface area contributed by atoms with Crippen molar-refractivity contribution in [2.75, 3.05) is 0 Å². The second-order valence-corrected chi connectivity index (χ2v) is 4.44. The number of rotatable bonds is 5. The fraction of sp³-hybridized carbons (Fsp3) is 0.786. The molecule has 0 aromatic heterocycles. The van der Waals surface area contributed by atoms with Crippen molar-refractivity contribution in [3.8, 4) is 0 Å². The topological polar surface area (TPSA) is 26.3 Å². The van der Waals surface area contributed by atoms with Gasteiger partial charge in [0, 0.05) is 6.42 Å². The lowest BCUT2D eigenvalue weighted by Gasteiger charge is -2.03.